The van der Waals surface area contributed by atoms with Gasteiger partial charge in [-0.1, -0.05) is 23.1 Å². The van der Waals surface area contributed by atoms with Crippen molar-refractivity contribution in [1.29, 1.82) is 0 Å². The van der Waals surface area contributed by atoms with E-state index in [0.29, 0.717) is 18.1 Å². The molecule has 1 amide bonds. The average Bonchev–Trinajstić information content (AvgIpc) is 3.02. The summed E-state index contributed by atoms with van der Waals surface area (Å²) in [6.45, 7) is 4.01. The number of carboxylic acids is 1. The monoisotopic (exact) mass is 342 g/mol. The van der Waals surface area contributed by atoms with E-state index in [2.05, 4.69) is 27.5 Å². The summed E-state index contributed by atoms with van der Waals surface area (Å²) in [4.78, 5) is 31.1. The number of nitrogens with zero attached hydrogens (tertiary/aromatic N) is 2. The van der Waals surface area contributed by atoms with Crippen LogP contribution in [0.15, 0.2) is 11.2 Å². The Labute approximate surface area is 136 Å². The normalized spacial score (nSPS) is 22.5. The lowest BCUT2D eigenvalue weighted by Crippen LogP contribution is -2.37. The highest BCUT2D eigenvalue weighted by Crippen LogP contribution is 2.36. The molecule has 1 aromatic rings. The Morgan fingerprint density at radius 1 is 1.59 bits per heavy atom. The molecule has 1 aromatic heterocycles. The van der Waals surface area contributed by atoms with E-state index in [1.54, 1.807) is 18.0 Å². The van der Waals surface area contributed by atoms with E-state index in [0.717, 1.165) is 15.8 Å². The molecule has 3 N–H and O–H groups in total. The molecule has 1 aliphatic rings. The summed E-state index contributed by atoms with van der Waals surface area (Å²) >= 11 is 3.05. The molecular formula is C13H18N4O3S2. The third-order valence-electron chi connectivity index (χ3n) is 3.02. The molecule has 0 aliphatic carbocycles. The zero-order valence-electron chi connectivity index (χ0n) is 12.4. The maximum Gasteiger partial charge on any atom is 0.303 e. The quantitative estimate of drug-likeness (QED) is 0.682. The number of thioether (sulfide) groups is 1. The first kappa shape index (κ1) is 16.8. The van der Waals surface area contributed by atoms with Crippen molar-refractivity contribution in [1.82, 2.24) is 10.3 Å². The van der Waals surface area contributed by atoms with Gasteiger partial charge in [0.2, 0.25) is 5.91 Å². The Hall–Kier alpha value is -1.61. The van der Waals surface area contributed by atoms with Crippen molar-refractivity contribution in [3.8, 4) is 0 Å². The third kappa shape index (κ3) is 4.44. The van der Waals surface area contributed by atoms with E-state index in [1.807, 2.05) is 0 Å². The van der Waals surface area contributed by atoms with Crippen molar-refractivity contribution in [2.45, 2.75) is 32.2 Å². The van der Waals surface area contributed by atoms with Gasteiger partial charge in [0.05, 0.1) is 10.4 Å². The number of carbonyl (C=O) groups excluding carboxylic acids is 1. The lowest BCUT2D eigenvalue weighted by Gasteiger charge is -2.21. The number of hydrogen-bond acceptors (Lipinski definition) is 6. The lowest BCUT2D eigenvalue weighted by atomic mass is 10.1. The van der Waals surface area contributed by atoms with Gasteiger partial charge in [-0.3, -0.25) is 14.6 Å². The molecule has 120 valence electrons. The standard InChI is InChI=1S/C13H18N4O3S2/c1-8(18)16-11-15-6-9(22-11)13(2)7-21-12(17-13)14-5-3-4-10(19)20/h6H,3-5,7H2,1-2H3,(H,14,17)(H,19,20)(H,15,16,18). The zero-order valence-corrected chi connectivity index (χ0v) is 14.0. The van der Waals surface area contributed by atoms with Crippen LogP contribution in [0.5, 0.6) is 0 Å². The van der Waals surface area contributed by atoms with Gasteiger partial charge >= 0.3 is 5.97 Å². The number of carbonyl (C=O) groups is 2. The molecule has 0 aromatic carbocycles. The SMILES string of the molecule is CC(=O)Nc1ncc(C2(C)CSC(=NCCCC(=O)O)N2)s1. The average molecular weight is 342 g/mol. The van der Waals surface area contributed by atoms with E-state index in [1.165, 1.54) is 18.3 Å². The molecular weight excluding hydrogens is 324 g/mol. The second kappa shape index (κ2) is 7.10. The second-order valence-electron chi connectivity index (χ2n) is 5.14. The molecule has 1 saturated heterocycles. The Morgan fingerprint density at radius 3 is 3.05 bits per heavy atom. The van der Waals surface area contributed by atoms with Gasteiger partial charge in [0.25, 0.3) is 0 Å². The molecule has 0 spiro atoms. The minimum Gasteiger partial charge on any atom is -0.481 e. The fourth-order valence-electron chi connectivity index (χ4n) is 1.89. The first-order chi connectivity index (χ1) is 10.4. The van der Waals surface area contributed by atoms with Crippen LogP contribution >= 0.6 is 23.1 Å². The number of anilines is 1. The molecule has 2 rings (SSSR count). The van der Waals surface area contributed by atoms with Crippen LogP contribution in [0.1, 0.15) is 31.6 Å². The summed E-state index contributed by atoms with van der Waals surface area (Å²) in [6.07, 6.45) is 2.43. The minimum atomic E-state index is -0.799. The fourth-order valence-corrected chi connectivity index (χ4v) is 4.07. The maximum atomic E-state index is 11.0. The molecule has 0 radical (unpaired) electrons. The summed E-state index contributed by atoms with van der Waals surface area (Å²) in [6, 6.07) is 0. The third-order valence-corrected chi connectivity index (χ3v) is 5.42. The maximum absolute atomic E-state index is 11.0. The van der Waals surface area contributed by atoms with Crippen molar-refractivity contribution in [2.75, 3.05) is 17.6 Å². The van der Waals surface area contributed by atoms with Crippen LogP contribution in [-0.2, 0) is 15.1 Å². The predicted octanol–water partition coefficient (Wildman–Crippen LogP) is 1.87. The number of carboxylic acid groups (broad SMARTS) is 1. The summed E-state index contributed by atoms with van der Waals surface area (Å²) in [7, 11) is 0. The summed E-state index contributed by atoms with van der Waals surface area (Å²) in [5, 5.41) is 16.0. The molecule has 22 heavy (non-hydrogen) atoms. The molecule has 9 heteroatoms. The van der Waals surface area contributed by atoms with Gasteiger partial charge in [0.1, 0.15) is 0 Å². The van der Waals surface area contributed by atoms with Gasteiger partial charge in [-0.25, -0.2) is 4.98 Å². The first-order valence-corrected chi connectivity index (χ1v) is 8.60. The Balaban J connectivity index is 1.94. The largest absolute Gasteiger partial charge is 0.481 e. The number of aliphatic imine (C=N–C) groups is 1. The van der Waals surface area contributed by atoms with E-state index < -0.39 is 5.97 Å². The van der Waals surface area contributed by atoms with Crippen LogP contribution in [0.2, 0.25) is 0 Å². The molecule has 1 unspecified atom stereocenters. The number of hydrogen-bond donors (Lipinski definition) is 3. The first-order valence-electron chi connectivity index (χ1n) is 6.80. The number of thiazole rings is 1. The minimum absolute atomic E-state index is 0.133. The summed E-state index contributed by atoms with van der Waals surface area (Å²) in [5.74, 6) is -0.125. The molecule has 0 bridgehead atoms. The van der Waals surface area contributed by atoms with Gasteiger partial charge in [-0.15, -0.1) is 0 Å². The molecule has 1 atom stereocenters. The van der Waals surface area contributed by atoms with Crippen molar-refractivity contribution in [2.24, 2.45) is 4.99 Å². The Morgan fingerprint density at radius 2 is 2.36 bits per heavy atom. The number of nitrogens with one attached hydrogen (secondary N) is 2. The van der Waals surface area contributed by atoms with Gasteiger partial charge in [-0.2, -0.15) is 0 Å². The van der Waals surface area contributed by atoms with Crippen LogP contribution < -0.4 is 10.6 Å². The highest BCUT2D eigenvalue weighted by Gasteiger charge is 2.36. The predicted molar refractivity (Wildman–Crippen MR) is 88.5 cm³/mol. The number of amides is 1. The number of aliphatic carboxylic acids is 1. The van der Waals surface area contributed by atoms with E-state index >= 15 is 0 Å². The molecule has 7 nitrogen and oxygen atoms in total. The lowest BCUT2D eigenvalue weighted by molar-refractivity contribution is -0.137. The second-order valence-corrected chi connectivity index (χ2v) is 7.14. The Bertz CT molecular complexity index is 602. The van der Waals surface area contributed by atoms with Crippen LogP contribution in [0.4, 0.5) is 5.13 Å². The highest BCUT2D eigenvalue weighted by molar-refractivity contribution is 8.14. The van der Waals surface area contributed by atoms with Crippen LogP contribution in [0.25, 0.3) is 0 Å². The highest BCUT2D eigenvalue weighted by atomic mass is 32.2. The van der Waals surface area contributed by atoms with Crippen LogP contribution in [0.3, 0.4) is 0 Å². The van der Waals surface area contributed by atoms with Gasteiger partial charge in [-0.05, 0) is 13.3 Å². The van der Waals surface area contributed by atoms with E-state index in [4.69, 9.17) is 5.11 Å². The Kier molecular flexibility index (Phi) is 5.41. The number of aromatic nitrogens is 1. The van der Waals surface area contributed by atoms with Crippen LogP contribution in [0, 0.1) is 0 Å². The van der Waals surface area contributed by atoms with Gasteiger partial charge < -0.3 is 15.7 Å². The number of amidine groups is 1. The molecule has 1 fully saturated rings. The summed E-state index contributed by atoms with van der Waals surface area (Å²) in [5.41, 5.74) is -0.273. The van der Waals surface area contributed by atoms with E-state index in [9.17, 15) is 9.59 Å². The molecule has 2 heterocycles. The fraction of sp³-hybridized carbons (Fsp3) is 0.538. The number of rotatable bonds is 6. The topological polar surface area (TPSA) is 104 Å². The zero-order chi connectivity index (χ0) is 16.2. The van der Waals surface area contributed by atoms with Crippen molar-refractivity contribution in [3.05, 3.63) is 11.1 Å². The van der Waals surface area contributed by atoms with Gasteiger partial charge in [0, 0.05) is 31.8 Å². The van der Waals surface area contributed by atoms with Crippen molar-refractivity contribution >= 4 is 45.3 Å². The van der Waals surface area contributed by atoms with Crippen LogP contribution in [-0.4, -0.2) is 39.4 Å². The van der Waals surface area contributed by atoms with Gasteiger partial charge in [0.15, 0.2) is 10.3 Å². The molecule has 0 saturated carbocycles. The van der Waals surface area contributed by atoms with E-state index in [-0.39, 0.29) is 17.9 Å². The van der Waals surface area contributed by atoms with Crippen molar-refractivity contribution in [3.63, 3.8) is 0 Å². The smallest absolute Gasteiger partial charge is 0.303 e. The van der Waals surface area contributed by atoms with Crippen molar-refractivity contribution < 1.29 is 14.7 Å². The molecule has 1 aliphatic heterocycles. The summed E-state index contributed by atoms with van der Waals surface area (Å²) < 4.78 is 0.